The second-order valence-corrected chi connectivity index (χ2v) is 10.1. The van der Waals surface area contributed by atoms with Gasteiger partial charge in [-0.25, -0.2) is 4.59 Å². The van der Waals surface area contributed by atoms with E-state index in [1.165, 1.54) is 42.5 Å². The zero-order chi connectivity index (χ0) is 24.7. The van der Waals surface area contributed by atoms with Crippen LogP contribution >= 0.6 is 34.8 Å². The maximum absolute atomic E-state index is 14.5. The van der Waals surface area contributed by atoms with Gasteiger partial charge in [-0.15, -0.1) is 0 Å². The molecule has 0 saturated carbocycles. The Morgan fingerprint density at radius 2 is 1.63 bits per heavy atom. The van der Waals surface area contributed by atoms with Crippen LogP contribution in [0.4, 0.5) is 18.9 Å². The molecule has 4 rings (SSSR count). The van der Waals surface area contributed by atoms with Gasteiger partial charge in [-0.1, -0.05) is 46.9 Å². The van der Waals surface area contributed by atoms with Crippen LogP contribution in [0.5, 0.6) is 0 Å². The topological polar surface area (TPSA) is 44.7 Å². The molecule has 0 bridgehead atoms. The molecular formula is C23H23Cl3F3IN4O. The van der Waals surface area contributed by atoms with Crippen molar-refractivity contribution in [1.82, 2.24) is 5.43 Å². The van der Waals surface area contributed by atoms with E-state index < -0.39 is 29.8 Å². The fraction of sp³-hybridized carbons (Fsp3) is 0.391. The molecule has 1 N–H and O–H groups in total. The first kappa shape index (κ1) is 28.3. The van der Waals surface area contributed by atoms with E-state index in [0.29, 0.717) is 28.7 Å². The highest BCUT2D eigenvalue weighted by Crippen LogP contribution is 2.48. The fourth-order valence-corrected chi connectivity index (χ4v) is 5.16. The first-order valence-electron chi connectivity index (χ1n) is 10.8. The highest BCUT2D eigenvalue weighted by atomic mass is 127. The molecule has 0 spiro atoms. The number of carbonyl (C=O) groups is 1. The Kier molecular flexibility index (Phi) is 8.90. The summed E-state index contributed by atoms with van der Waals surface area (Å²) in [4.78, 5) is 13.3. The van der Waals surface area contributed by atoms with Crippen LogP contribution in [-0.2, 0) is 4.79 Å². The summed E-state index contributed by atoms with van der Waals surface area (Å²) in [6.07, 6.45) is -1.97. The molecule has 2 aliphatic rings. The monoisotopic (exact) mass is 660 g/mol. The molecular weight excluding hydrogens is 639 g/mol. The molecule has 2 aliphatic heterocycles. The minimum atomic E-state index is -4.76. The SMILES string of the molecule is C[N+]1(NC(=O)C2=NN(c3ccc(Cl)cc3Cl)C(c3ccc(Cl)cc3)C2C(F)(F)F)CCCCC1.[I-]. The summed E-state index contributed by atoms with van der Waals surface area (Å²) in [6.45, 7) is 1.28. The molecule has 5 nitrogen and oxygen atoms in total. The number of benzene rings is 2. The van der Waals surface area contributed by atoms with Crippen LogP contribution in [0.25, 0.3) is 0 Å². The Morgan fingerprint density at radius 3 is 2.20 bits per heavy atom. The number of anilines is 1. The smallest absolute Gasteiger partial charge is 0.399 e. The molecule has 190 valence electrons. The first-order chi connectivity index (χ1) is 16.0. The number of piperidine rings is 1. The van der Waals surface area contributed by atoms with Gasteiger partial charge in [-0.2, -0.15) is 23.7 Å². The van der Waals surface area contributed by atoms with Crippen molar-refractivity contribution in [2.45, 2.75) is 31.5 Å². The van der Waals surface area contributed by atoms with Gasteiger partial charge in [0.05, 0.1) is 23.8 Å². The molecule has 2 heterocycles. The van der Waals surface area contributed by atoms with E-state index in [2.05, 4.69) is 10.5 Å². The highest BCUT2D eigenvalue weighted by molar-refractivity contribution is 6.41. The second-order valence-electron chi connectivity index (χ2n) is 8.79. The third-order valence-corrected chi connectivity index (χ3v) is 7.01. The predicted molar refractivity (Wildman–Crippen MR) is 128 cm³/mol. The number of hydrogen-bond donors (Lipinski definition) is 1. The van der Waals surface area contributed by atoms with Crippen molar-refractivity contribution in [2.75, 3.05) is 25.1 Å². The molecule has 2 unspecified atom stereocenters. The third-order valence-electron chi connectivity index (χ3n) is 6.22. The average Bonchev–Trinajstić information content (AvgIpc) is 3.15. The minimum Gasteiger partial charge on any atom is -1.00 e. The zero-order valence-electron chi connectivity index (χ0n) is 18.6. The number of likely N-dealkylation sites (tertiary alicyclic amines) is 1. The maximum Gasteiger partial charge on any atom is 0.399 e. The quantitative estimate of drug-likeness (QED) is 0.404. The fourth-order valence-electron chi connectivity index (χ4n) is 4.54. The summed E-state index contributed by atoms with van der Waals surface area (Å²) < 4.78 is 43.8. The van der Waals surface area contributed by atoms with E-state index in [-0.39, 0.29) is 39.3 Å². The van der Waals surface area contributed by atoms with Gasteiger partial charge in [0.25, 0.3) is 0 Å². The molecule has 2 aromatic carbocycles. The lowest BCUT2D eigenvalue weighted by Gasteiger charge is -2.36. The molecule has 0 radical (unpaired) electrons. The second kappa shape index (κ2) is 11.0. The van der Waals surface area contributed by atoms with E-state index in [4.69, 9.17) is 34.8 Å². The highest BCUT2D eigenvalue weighted by Gasteiger charge is 2.57. The Balaban J connectivity index is 0.00000342. The lowest BCUT2D eigenvalue weighted by Crippen LogP contribution is -3.00. The van der Waals surface area contributed by atoms with Crippen molar-refractivity contribution in [2.24, 2.45) is 11.0 Å². The largest absolute Gasteiger partial charge is 1.00 e. The molecule has 1 amide bonds. The van der Waals surface area contributed by atoms with E-state index >= 15 is 0 Å². The Labute approximate surface area is 233 Å². The standard InChI is InChI=1S/C23H22Cl3F3N4O.HI/c1-33(11-3-2-4-12-33)31-22(34)20-19(23(27,28)29)21(14-5-7-15(24)8-6-14)32(30-20)18-10-9-16(25)13-17(18)26;/h5-10,13,19,21H,2-4,11-12H2,1H3;1H. The number of halogens is 7. The summed E-state index contributed by atoms with van der Waals surface area (Å²) in [5, 5.41) is 6.20. The van der Waals surface area contributed by atoms with E-state index in [1.807, 2.05) is 0 Å². The van der Waals surface area contributed by atoms with Crippen molar-refractivity contribution >= 4 is 52.1 Å². The van der Waals surface area contributed by atoms with Gasteiger partial charge in [0.2, 0.25) is 0 Å². The van der Waals surface area contributed by atoms with Gasteiger partial charge in [0, 0.05) is 10.0 Å². The number of quaternary nitrogens is 1. The summed E-state index contributed by atoms with van der Waals surface area (Å²) in [6, 6.07) is 9.07. The molecule has 0 aliphatic carbocycles. The molecule has 1 fully saturated rings. The lowest BCUT2D eigenvalue weighted by atomic mass is 9.88. The van der Waals surface area contributed by atoms with Crippen LogP contribution in [0.15, 0.2) is 47.6 Å². The van der Waals surface area contributed by atoms with Crippen LogP contribution in [0, 0.1) is 5.92 Å². The normalized spacial score (nSPS) is 21.8. The van der Waals surface area contributed by atoms with E-state index in [9.17, 15) is 18.0 Å². The molecule has 35 heavy (non-hydrogen) atoms. The third kappa shape index (κ3) is 6.18. The lowest BCUT2D eigenvalue weighted by molar-refractivity contribution is -0.947. The molecule has 2 atom stereocenters. The first-order valence-corrected chi connectivity index (χ1v) is 11.9. The number of nitrogens with zero attached hydrogens (tertiary/aromatic N) is 3. The van der Waals surface area contributed by atoms with Crippen molar-refractivity contribution in [3.05, 3.63) is 63.1 Å². The number of alkyl halides is 3. The van der Waals surface area contributed by atoms with Gasteiger partial charge in [-0.05, 0) is 55.2 Å². The maximum atomic E-state index is 14.5. The number of hydrogen-bond acceptors (Lipinski definition) is 3. The summed E-state index contributed by atoms with van der Waals surface area (Å²) in [5.41, 5.74) is 2.68. The van der Waals surface area contributed by atoms with Gasteiger partial charge >= 0.3 is 12.1 Å². The van der Waals surface area contributed by atoms with Crippen LogP contribution < -0.4 is 34.4 Å². The predicted octanol–water partition coefficient (Wildman–Crippen LogP) is 3.41. The Hall–Kier alpha value is -1.27. The number of hydrazone groups is 1. The number of nitrogens with one attached hydrogen (secondary N) is 1. The summed E-state index contributed by atoms with van der Waals surface area (Å²) >= 11 is 18.3. The molecule has 1 saturated heterocycles. The Morgan fingerprint density at radius 1 is 1.03 bits per heavy atom. The zero-order valence-corrected chi connectivity index (χ0v) is 23.1. The Bertz CT molecular complexity index is 1110. The van der Waals surface area contributed by atoms with Crippen LogP contribution in [0.3, 0.4) is 0 Å². The average molecular weight is 662 g/mol. The van der Waals surface area contributed by atoms with Gasteiger partial charge in [0.1, 0.15) is 24.7 Å². The number of rotatable bonds is 4. The van der Waals surface area contributed by atoms with Crippen molar-refractivity contribution in [3.63, 3.8) is 0 Å². The van der Waals surface area contributed by atoms with Gasteiger partial charge in [0.15, 0.2) is 0 Å². The van der Waals surface area contributed by atoms with Gasteiger partial charge < -0.3 is 24.0 Å². The molecule has 12 heteroatoms. The summed E-state index contributed by atoms with van der Waals surface area (Å²) in [5.74, 6) is -3.03. The minimum absolute atomic E-state index is 0. The van der Waals surface area contributed by atoms with Crippen molar-refractivity contribution < 1.29 is 46.5 Å². The van der Waals surface area contributed by atoms with E-state index in [0.717, 1.165) is 24.3 Å². The van der Waals surface area contributed by atoms with Crippen molar-refractivity contribution in [3.8, 4) is 0 Å². The molecule has 0 aromatic heterocycles. The number of amides is 1. The van der Waals surface area contributed by atoms with Gasteiger partial charge in [-0.3, -0.25) is 9.80 Å². The number of carbonyl (C=O) groups excluding carboxylic acids is 1. The van der Waals surface area contributed by atoms with Crippen LogP contribution in [-0.4, -0.2) is 42.5 Å². The van der Waals surface area contributed by atoms with E-state index in [1.54, 1.807) is 7.05 Å². The summed E-state index contributed by atoms with van der Waals surface area (Å²) in [7, 11) is 1.81. The van der Waals surface area contributed by atoms with Crippen molar-refractivity contribution in [1.29, 1.82) is 0 Å². The van der Waals surface area contributed by atoms with Crippen LogP contribution in [0.2, 0.25) is 15.1 Å². The van der Waals surface area contributed by atoms with Crippen LogP contribution in [0.1, 0.15) is 30.9 Å². The molecule has 2 aromatic rings.